The third kappa shape index (κ3) is 5.31. The molecule has 1 aromatic rings. The maximum absolute atomic E-state index is 15.0. The van der Waals surface area contributed by atoms with Crippen LogP contribution in [0.3, 0.4) is 0 Å². The number of alkyl halides is 4. The van der Waals surface area contributed by atoms with Gasteiger partial charge in [-0.05, 0) is 25.0 Å². The van der Waals surface area contributed by atoms with Gasteiger partial charge in [0.1, 0.15) is 0 Å². The van der Waals surface area contributed by atoms with Crippen molar-refractivity contribution < 1.29 is 31.9 Å². The van der Waals surface area contributed by atoms with Crippen LogP contribution in [0.4, 0.5) is 28.0 Å². The number of carbonyl (C=O) groups is 2. The highest BCUT2D eigenvalue weighted by atomic mass is 19.4. The average Bonchev–Trinajstić information content (AvgIpc) is 2.61. The minimum Gasteiger partial charge on any atom is -0.383 e. The molecule has 1 aliphatic rings. The van der Waals surface area contributed by atoms with Gasteiger partial charge in [0.05, 0.1) is 24.4 Å². The number of likely N-dealkylation sites (tertiary alicyclic amines) is 1. The van der Waals surface area contributed by atoms with Gasteiger partial charge in [-0.3, -0.25) is 4.79 Å². The van der Waals surface area contributed by atoms with Crippen LogP contribution < -0.4 is 10.6 Å². The summed E-state index contributed by atoms with van der Waals surface area (Å²) in [7, 11) is 1.43. The van der Waals surface area contributed by atoms with Gasteiger partial charge < -0.3 is 20.3 Å². The van der Waals surface area contributed by atoms with Crippen molar-refractivity contribution in [3.05, 3.63) is 29.8 Å². The summed E-state index contributed by atoms with van der Waals surface area (Å²) in [6, 6.07) is 3.62. The molecule has 1 fully saturated rings. The number of amides is 3. The van der Waals surface area contributed by atoms with Crippen molar-refractivity contribution in [2.24, 2.45) is 0 Å². The van der Waals surface area contributed by atoms with Crippen molar-refractivity contribution in [2.45, 2.75) is 24.7 Å². The van der Waals surface area contributed by atoms with Crippen LogP contribution >= 0.6 is 0 Å². The van der Waals surface area contributed by atoms with Crippen molar-refractivity contribution in [3.8, 4) is 0 Å². The van der Waals surface area contributed by atoms with Crippen molar-refractivity contribution in [1.29, 1.82) is 0 Å². The number of ether oxygens (including phenoxy) is 1. The second-order valence-corrected chi connectivity index (χ2v) is 6.21. The lowest BCUT2D eigenvalue weighted by molar-refractivity contribution is -0.137. The van der Waals surface area contributed by atoms with E-state index in [4.69, 9.17) is 4.74 Å². The van der Waals surface area contributed by atoms with Gasteiger partial charge in [0, 0.05) is 20.2 Å². The molecule has 0 bridgehead atoms. The lowest BCUT2D eigenvalue weighted by Crippen LogP contribution is -2.56. The molecule has 0 aromatic heterocycles. The Morgan fingerprint density at radius 3 is 2.67 bits per heavy atom. The zero-order valence-electron chi connectivity index (χ0n) is 14.7. The summed E-state index contributed by atoms with van der Waals surface area (Å²) < 4.78 is 58.8. The molecule has 2 rings (SSSR count). The molecule has 0 saturated carbocycles. The quantitative estimate of drug-likeness (QED) is 0.599. The van der Waals surface area contributed by atoms with E-state index < -0.39 is 41.6 Å². The Hall–Kier alpha value is -2.36. The predicted octanol–water partition coefficient (Wildman–Crippen LogP) is 2.80. The van der Waals surface area contributed by atoms with Gasteiger partial charge in [0.15, 0.2) is 0 Å². The standard InChI is InChI=1S/C17H21F4N3O3/c1-27-10-8-22-14(25)16(18)7-4-9-24(11-16)15(26)23-13-6-3-2-5-12(13)17(19,20)21/h2-3,5-6H,4,7-11H2,1H3,(H,22,25)(H,23,26). The highest BCUT2D eigenvalue weighted by molar-refractivity contribution is 5.92. The van der Waals surface area contributed by atoms with Crippen molar-refractivity contribution in [3.63, 3.8) is 0 Å². The van der Waals surface area contributed by atoms with Crippen LogP contribution in [0.1, 0.15) is 18.4 Å². The maximum atomic E-state index is 15.0. The number of urea groups is 1. The average molecular weight is 391 g/mol. The number of halogens is 4. The van der Waals surface area contributed by atoms with Crippen LogP contribution in [0.2, 0.25) is 0 Å². The SMILES string of the molecule is COCCNC(=O)C1(F)CCCN(C(=O)Nc2ccccc2C(F)(F)F)C1. The molecule has 6 nitrogen and oxygen atoms in total. The number of carbonyl (C=O) groups excluding carboxylic acids is 2. The monoisotopic (exact) mass is 391 g/mol. The summed E-state index contributed by atoms with van der Waals surface area (Å²) in [5.74, 6) is -0.868. The zero-order chi connectivity index (χ0) is 20.1. The van der Waals surface area contributed by atoms with Crippen molar-refractivity contribution >= 4 is 17.6 Å². The number of nitrogens with zero attached hydrogens (tertiary/aromatic N) is 1. The molecular formula is C17H21F4N3O3. The van der Waals surface area contributed by atoms with Crippen LogP contribution in [0.25, 0.3) is 0 Å². The second kappa shape index (κ2) is 8.55. The summed E-state index contributed by atoms with van der Waals surface area (Å²) in [5, 5.41) is 4.55. The first-order valence-electron chi connectivity index (χ1n) is 8.36. The number of anilines is 1. The molecule has 0 radical (unpaired) electrons. The normalized spacial score (nSPS) is 20.3. The first-order chi connectivity index (χ1) is 12.7. The molecule has 1 saturated heterocycles. The van der Waals surface area contributed by atoms with Gasteiger partial charge in [-0.1, -0.05) is 12.1 Å². The van der Waals surface area contributed by atoms with E-state index in [1.807, 2.05) is 0 Å². The van der Waals surface area contributed by atoms with Crippen LogP contribution in [-0.4, -0.2) is 55.9 Å². The minimum absolute atomic E-state index is 0.0747. The third-order valence-corrected chi connectivity index (χ3v) is 4.20. The Kier molecular flexibility index (Phi) is 6.63. The van der Waals surface area contributed by atoms with Gasteiger partial charge >= 0.3 is 12.2 Å². The minimum atomic E-state index is -4.64. The topological polar surface area (TPSA) is 70.7 Å². The number of hydrogen-bond donors (Lipinski definition) is 2. The molecule has 1 atom stereocenters. The summed E-state index contributed by atoms with van der Waals surface area (Å²) in [6.45, 7) is -0.0741. The Balaban J connectivity index is 2.06. The van der Waals surface area contributed by atoms with E-state index in [-0.39, 0.29) is 32.5 Å². The van der Waals surface area contributed by atoms with E-state index in [0.717, 1.165) is 17.0 Å². The third-order valence-electron chi connectivity index (χ3n) is 4.20. The van der Waals surface area contributed by atoms with Crippen molar-refractivity contribution in [1.82, 2.24) is 10.2 Å². The lowest BCUT2D eigenvalue weighted by atomic mass is 9.94. The zero-order valence-corrected chi connectivity index (χ0v) is 14.7. The van der Waals surface area contributed by atoms with E-state index in [2.05, 4.69) is 10.6 Å². The number of hydrogen-bond acceptors (Lipinski definition) is 3. The van der Waals surface area contributed by atoms with Crippen LogP contribution in [-0.2, 0) is 15.7 Å². The van der Waals surface area contributed by atoms with Gasteiger partial charge in [0.2, 0.25) is 5.67 Å². The summed E-state index contributed by atoms with van der Waals surface area (Å²) >= 11 is 0. The van der Waals surface area contributed by atoms with Crippen LogP contribution in [0, 0.1) is 0 Å². The molecule has 10 heteroatoms. The fourth-order valence-corrected chi connectivity index (χ4v) is 2.83. The molecule has 1 aromatic carbocycles. The number of methoxy groups -OCH3 is 1. The first kappa shape index (κ1) is 20.9. The highest BCUT2D eigenvalue weighted by Crippen LogP contribution is 2.35. The summed E-state index contributed by atoms with van der Waals surface area (Å²) in [5.41, 5.74) is -3.72. The molecule has 27 heavy (non-hydrogen) atoms. The molecule has 150 valence electrons. The Morgan fingerprint density at radius 2 is 2.00 bits per heavy atom. The molecule has 1 heterocycles. The van der Waals surface area contributed by atoms with E-state index in [1.165, 1.54) is 19.2 Å². The summed E-state index contributed by atoms with van der Waals surface area (Å²) in [6.07, 6.45) is -4.51. The van der Waals surface area contributed by atoms with Gasteiger partial charge in [-0.15, -0.1) is 0 Å². The molecule has 0 spiro atoms. The molecule has 1 aliphatic heterocycles. The van der Waals surface area contributed by atoms with Gasteiger partial charge in [0.25, 0.3) is 5.91 Å². The van der Waals surface area contributed by atoms with E-state index in [0.29, 0.717) is 0 Å². The smallest absolute Gasteiger partial charge is 0.383 e. The van der Waals surface area contributed by atoms with E-state index >= 15 is 0 Å². The van der Waals surface area contributed by atoms with Crippen molar-refractivity contribution in [2.75, 3.05) is 38.7 Å². The first-order valence-corrected chi connectivity index (χ1v) is 8.36. The maximum Gasteiger partial charge on any atom is 0.418 e. The Bertz CT molecular complexity index is 684. The molecule has 3 amide bonds. The van der Waals surface area contributed by atoms with Gasteiger partial charge in [-0.2, -0.15) is 13.2 Å². The fraction of sp³-hybridized carbons (Fsp3) is 0.529. The van der Waals surface area contributed by atoms with Crippen LogP contribution in [0.15, 0.2) is 24.3 Å². The Morgan fingerprint density at radius 1 is 1.30 bits per heavy atom. The number of nitrogens with one attached hydrogen (secondary N) is 2. The Labute approximate surface area is 153 Å². The van der Waals surface area contributed by atoms with E-state index in [1.54, 1.807) is 0 Å². The number of rotatable bonds is 5. The number of para-hydroxylation sites is 1. The number of benzene rings is 1. The molecule has 0 aliphatic carbocycles. The lowest BCUT2D eigenvalue weighted by Gasteiger charge is -2.36. The molecular weight excluding hydrogens is 370 g/mol. The highest BCUT2D eigenvalue weighted by Gasteiger charge is 2.44. The molecule has 2 N–H and O–H groups in total. The van der Waals surface area contributed by atoms with Crippen LogP contribution in [0.5, 0.6) is 0 Å². The van der Waals surface area contributed by atoms with Gasteiger partial charge in [-0.25, -0.2) is 9.18 Å². The second-order valence-electron chi connectivity index (χ2n) is 6.21. The fourth-order valence-electron chi connectivity index (χ4n) is 2.83. The number of piperidine rings is 1. The largest absolute Gasteiger partial charge is 0.418 e. The van der Waals surface area contributed by atoms with E-state index in [9.17, 15) is 27.2 Å². The predicted molar refractivity (Wildman–Crippen MR) is 90.0 cm³/mol. The molecule has 1 unspecified atom stereocenters. The summed E-state index contributed by atoms with van der Waals surface area (Å²) in [4.78, 5) is 25.4.